The number of anilines is 2. The van der Waals surface area contributed by atoms with Gasteiger partial charge in [-0.05, 0) is 31.1 Å². The van der Waals surface area contributed by atoms with Gasteiger partial charge in [0.25, 0.3) is 0 Å². The first-order valence-electron chi connectivity index (χ1n) is 7.46. The Bertz CT molecular complexity index is 426. The number of nitrogens with zero attached hydrogens (tertiary/aromatic N) is 2. The zero-order valence-electron chi connectivity index (χ0n) is 12.1. The second kappa shape index (κ2) is 7.40. The first-order chi connectivity index (χ1) is 9.76. The third-order valence-electron chi connectivity index (χ3n) is 3.99. The molecule has 1 aromatic rings. The Morgan fingerprint density at radius 3 is 2.75 bits per heavy atom. The molecule has 0 aromatic carbocycles. The Kier molecular flexibility index (Phi) is 5.55. The van der Waals surface area contributed by atoms with Crippen LogP contribution in [0.3, 0.4) is 0 Å². The maximum atomic E-state index is 9.35. The molecule has 0 aliphatic heterocycles. The van der Waals surface area contributed by atoms with Crippen LogP contribution in [0.2, 0.25) is 0 Å². The summed E-state index contributed by atoms with van der Waals surface area (Å²) in [6.07, 6.45) is 5.35. The van der Waals surface area contributed by atoms with E-state index in [1.54, 1.807) is 0 Å². The number of hydrogen-bond acceptors (Lipinski definition) is 6. The number of nitrogens with one attached hydrogen (secondary N) is 2. The van der Waals surface area contributed by atoms with Crippen molar-refractivity contribution in [2.45, 2.75) is 39.0 Å². The van der Waals surface area contributed by atoms with Gasteiger partial charge in [-0.25, -0.2) is 15.8 Å². The normalized spacial score (nSPS) is 21.9. The molecule has 6 heteroatoms. The molecule has 1 saturated carbocycles. The molecule has 0 radical (unpaired) electrons. The van der Waals surface area contributed by atoms with Crippen molar-refractivity contribution in [3.63, 3.8) is 0 Å². The molecule has 0 spiro atoms. The predicted octanol–water partition coefficient (Wildman–Crippen LogP) is 1.54. The fourth-order valence-electron chi connectivity index (χ4n) is 2.86. The van der Waals surface area contributed by atoms with E-state index in [0.29, 0.717) is 17.7 Å². The van der Waals surface area contributed by atoms with E-state index >= 15 is 0 Å². The van der Waals surface area contributed by atoms with E-state index in [2.05, 4.69) is 27.6 Å². The number of aliphatic hydroxyl groups excluding tert-OH is 1. The topological polar surface area (TPSA) is 96.1 Å². The molecule has 2 atom stereocenters. The van der Waals surface area contributed by atoms with E-state index in [4.69, 9.17) is 5.84 Å². The fraction of sp³-hybridized carbons (Fsp3) is 0.714. The van der Waals surface area contributed by atoms with Gasteiger partial charge in [-0.1, -0.05) is 13.3 Å². The highest BCUT2D eigenvalue weighted by Gasteiger charge is 2.26. The molecule has 5 N–H and O–H groups in total. The first-order valence-corrected chi connectivity index (χ1v) is 7.46. The van der Waals surface area contributed by atoms with E-state index in [-0.39, 0.29) is 6.61 Å². The largest absolute Gasteiger partial charge is 0.396 e. The van der Waals surface area contributed by atoms with Crippen LogP contribution in [0.5, 0.6) is 0 Å². The molecular formula is C14H25N5O. The molecule has 112 valence electrons. The second-order valence-electron chi connectivity index (χ2n) is 5.46. The van der Waals surface area contributed by atoms with Gasteiger partial charge in [0.1, 0.15) is 17.5 Å². The smallest absolute Gasteiger partial charge is 0.145 e. The molecule has 1 heterocycles. The van der Waals surface area contributed by atoms with Crippen LogP contribution in [0.4, 0.5) is 11.6 Å². The number of rotatable bonds is 7. The van der Waals surface area contributed by atoms with Gasteiger partial charge >= 0.3 is 0 Å². The molecular weight excluding hydrogens is 254 g/mol. The van der Waals surface area contributed by atoms with Crippen LogP contribution in [0.25, 0.3) is 0 Å². The zero-order valence-corrected chi connectivity index (χ0v) is 12.1. The lowest BCUT2D eigenvalue weighted by Gasteiger charge is -2.18. The van der Waals surface area contributed by atoms with Crippen molar-refractivity contribution >= 4 is 11.6 Å². The SMILES string of the molecule is CCCc1nc(NN)cc(NCC2CCCC2CO)n1. The highest BCUT2D eigenvalue weighted by Crippen LogP contribution is 2.31. The van der Waals surface area contributed by atoms with Crippen LogP contribution in [0, 0.1) is 11.8 Å². The maximum Gasteiger partial charge on any atom is 0.145 e. The second-order valence-corrected chi connectivity index (χ2v) is 5.46. The van der Waals surface area contributed by atoms with Crippen LogP contribution in [-0.4, -0.2) is 28.2 Å². The fourth-order valence-corrected chi connectivity index (χ4v) is 2.86. The van der Waals surface area contributed by atoms with E-state index in [9.17, 15) is 5.11 Å². The lowest BCUT2D eigenvalue weighted by molar-refractivity contribution is 0.199. The average molecular weight is 279 g/mol. The van der Waals surface area contributed by atoms with Gasteiger partial charge in [-0.2, -0.15) is 0 Å². The number of aryl methyl sites for hydroxylation is 1. The number of nitrogens with two attached hydrogens (primary N) is 1. The molecule has 6 nitrogen and oxygen atoms in total. The van der Waals surface area contributed by atoms with Crippen LogP contribution in [0.15, 0.2) is 6.07 Å². The molecule has 1 aromatic heterocycles. The van der Waals surface area contributed by atoms with Gasteiger partial charge in [0.15, 0.2) is 0 Å². The minimum absolute atomic E-state index is 0.285. The van der Waals surface area contributed by atoms with Crippen molar-refractivity contribution in [1.82, 2.24) is 9.97 Å². The molecule has 20 heavy (non-hydrogen) atoms. The highest BCUT2D eigenvalue weighted by atomic mass is 16.3. The summed E-state index contributed by atoms with van der Waals surface area (Å²) in [4.78, 5) is 8.83. The molecule has 1 aliphatic rings. The summed E-state index contributed by atoms with van der Waals surface area (Å²) < 4.78 is 0. The van der Waals surface area contributed by atoms with E-state index < -0.39 is 0 Å². The van der Waals surface area contributed by atoms with Gasteiger partial charge in [-0.3, -0.25) is 0 Å². The molecule has 1 aliphatic carbocycles. The lowest BCUT2D eigenvalue weighted by atomic mass is 9.97. The third kappa shape index (κ3) is 3.80. The number of nitrogen functional groups attached to an aromatic ring is 1. The lowest BCUT2D eigenvalue weighted by Crippen LogP contribution is -2.21. The average Bonchev–Trinajstić information content (AvgIpc) is 2.92. The molecule has 0 saturated heterocycles. The Morgan fingerprint density at radius 1 is 1.30 bits per heavy atom. The summed E-state index contributed by atoms with van der Waals surface area (Å²) in [6.45, 7) is 3.23. The summed E-state index contributed by atoms with van der Waals surface area (Å²) in [7, 11) is 0. The Hall–Kier alpha value is -1.40. The Morgan fingerprint density at radius 2 is 2.05 bits per heavy atom. The van der Waals surface area contributed by atoms with Crippen LogP contribution >= 0.6 is 0 Å². The third-order valence-corrected chi connectivity index (χ3v) is 3.99. The maximum absolute atomic E-state index is 9.35. The van der Waals surface area contributed by atoms with Crippen LogP contribution in [0.1, 0.15) is 38.4 Å². The monoisotopic (exact) mass is 279 g/mol. The molecule has 2 unspecified atom stereocenters. The van der Waals surface area contributed by atoms with Gasteiger partial charge in [0.2, 0.25) is 0 Å². The van der Waals surface area contributed by atoms with E-state index in [1.165, 1.54) is 12.8 Å². The number of hydrogen-bond donors (Lipinski definition) is 4. The minimum atomic E-state index is 0.285. The van der Waals surface area contributed by atoms with Gasteiger partial charge in [-0.15, -0.1) is 0 Å². The van der Waals surface area contributed by atoms with Crippen LogP contribution < -0.4 is 16.6 Å². The first kappa shape index (κ1) is 15.0. The summed E-state index contributed by atoms with van der Waals surface area (Å²) in [5.41, 5.74) is 2.58. The molecule has 2 rings (SSSR count). The van der Waals surface area contributed by atoms with Gasteiger partial charge in [0, 0.05) is 25.6 Å². The summed E-state index contributed by atoms with van der Waals surface area (Å²) in [6, 6.07) is 1.82. The summed E-state index contributed by atoms with van der Waals surface area (Å²) >= 11 is 0. The number of aliphatic hydroxyl groups is 1. The zero-order chi connectivity index (χ0) is 14.4. The number of hydrazine groups is 1. The molecule has 0 amide bonds. The molecule has 1 fully saturated rings. The van der Waals surface area contributed by atoms with Crippen molar-refractivity contribution < 1.29 is 5.11 Å². The quantitative estimate of drug-likeness (QED) is 0.446. The Balaban J connectivity index is 1.99. The van der Waals surface area contributed by atoms with Crippen molar-refractivity contribution in [2.24, 2.45) is 17.7 Å². The Labute approximate surface area is 120 Å². The van der Waals surface area contributed by atoms with Crippen molar-refractivity contribution in [1.29, 1.82) is 0 Å². The summed E-state index contributed by atoms with van der Waals surface area (Å²) in [5, 5.41) is 12.7. The highest BCUT2D eigenvalue weighted by molar-refractivity contribution is 5.46. The van der Waals surface area contributed by atoms with Crippen molar-refractivity contribution in [3.8, 4) is 0 Å². The standard InChI is InChI=1S/C14H25N5O/c1-2-4-12-17-13(7-14(18-12)19-15)16-8-10-5-3-6-11(10)9-20/h7,10-11,20H,2-6,8-9,15H2,1H3,(H2,16,17,18,19). The van der Waals surface area contributed by atoms with Gasteiger partial charge in [0.05, 0.1) is 0 Å². The number of aromatic nitrogens is 2. The van der Waals surface area contributed by atoms with E-state index in [1.807, 2.05) is 6.07 Å². The minimum Gasteiger partial charge on any atom is -0.396 e. The van der Waals surface area contributed by atoms with Crippen molar-refractivity contribution in [3.05, 3.63) is 11.9 Å². The van der Waals surface area contributed by atoms with E-state index in [0.717, 1.165) is 37.4 Å². The van der Waals surface area contributed by atoms with Gasteiger partial charge < -0.3 is 15.8 Å². The summed E-state index contributed by atoms with van der Waals surface area (Å²) in [5.74, 6) is 8.64. The predicted molar refractivity (Wildman–Crippen MR) is 80.2 cm³/mol. The molecule has 0 bridgehead atoms. The van der Waals surface area contributed by atoms with Crippen molar-refractivity contribution in [2.75, 3.05) is 23.9 Å². The van der Waals surface area contributed by atoms with Crippen LogP contribution in [-0.2, 0) is 6.42 Å².